The highest BCUT2D eigenvalue weighted by Crippen LogP contribution is 2.67. The van der Waals surface area contributed by atoms with Crippen molar-refractivity contribution in [3.63, 3.8) is 0 Å². The summed E-state index contributed by atoms with van der Waals surface area (Å²) in [7, 11) is 0. The molecule has 0 aliphatic heterocycles. The molecule has 2 aromatic rings. The molecule has 4 N–H and O–H groups in total. The lowest BCUT2D eigenvalue weighted by molar-refractivity contribution is 0.0945. The Hall–Kier alpha value is -1.97. The third-order valence-electron chi connectivity index (χ3n) is 5.68. The van der Waals surface area contributed by atoms with Gasteiger partial charge in [0, 0.05) is 23.1 Å². The number of nitrogens with one attached hydrogen (secondary N) is 2. The number of fused-ring (bicyclic) bond motifs is 1. The Kier molecular flexibility index (Phi) is 2.84. The Labute approximate surface area is 125 Å². The fourth-order valence-corrected chi connectivity index (χ4v) is 3.41. The highest BCUT2D eigenvalue weighted by atomic mass is 16.1. The number of carbonyl (C=O) groups is 1. The molecule has 0 bridgehead atoms. The second-order valence-electron chi connectivity index (χ2n) is 7.24. The third-order valence-corrected chi connectivity index (χ3v) is 5.68. The number of rotatable bonds is 3. The zero-order chi connectivity index (χ0) is 15.4. The minimum atomic E-state index is -0.0525. The summed E-state index contributed by atoms with van der Waals surface area (Å²) in [4.78, 5) is 15.4. The number of nitrogens with two attached hydrogens (primary N) is 1. The van der Waals surface area contributed by atoms with Crippen LogP contribution in [-0.4, -0.2) is 17.4 Å². The number of carbonyl (C=O) groups excluding carboxylic acids is 1. The van der Waals surface area contributed by atoms with E-state index in [0.29, 0.717) is 17.3 Å². The van der Waals surface area contributed by atoms with Crippen LogP contribution >= 0.6 is 0 Å². The summed E-state index contributed by atoms with van der Waals surface area (Å²) in [5.74, 6) is 0.470. The van der Waals surface area contributed by atoms with E-state index in [4.69, 9.17) is 5.73 Å². The van der Waals surface area contributed by atoms with Gasteiger partial charge in [-0.3, -0.25) is 4.79 Å². The molecule has 1 saturated carbocycles. The maximum atomic E-state index is 12.3. The molecule has 1 aliphatic carbocycles. The van der Waals surface area contributed by atoms with Gasteiger partial charge in [-0.25, -0.2) is 0 Å². The molecule has 1 fully saturated rings. The first kappa shape index (κ1) is 14.0. The SMILES string of the molecule is CC1(C)C(CNC(=O)c2cc3cc(N)ccc3[nH]2)C1(C)C. The van der Waals surface area contributed by atoms with Crippen LogP contribution < -0.4 is 11.1 Å². The minimum absolute atomic E-state index is 0.0525. The summed E-state index contributed by atoms with van der Waals surface area (Å²) in [5, 5.41) is 4.01. The van der Waals surface area contributed by atoms with Crippen molar-refractivity contribution in [3.8, 4) is 0 Å². The number of amides is 1. The molecule has 21 heavy (non-hydrogen) atoms. The highest BCUT2D eigenvalue weighted by molar-refractivity contribution is 5.98. The lowest BCUT2D eigenvalue weighted by Gasteiger charge is -2.04. The van der Waals surface area contributed by atoms with Gasteiger partial charge in [-0.2, -0.15) is 0 Å². The molecule has 4 nitrogen and oxygen atoms in total. The van der Waals surface area contributed by atoms with E-state index < -0.39 is 0 Å². The van der Waals surface area contributed by atoms with Crippen molar-refractivity contribution in [3.05, 3.63) is 30.0 Å². The van der Waals surface area contributed by atoms with Crippen molar-refractivity contribution in [1.82, 2.24) is 10.3 Å². The van der Waals surface area contributed by atoms with E-state index in [9.17, 15) is 4.79 Å². The Balaban J connectivity index is 1.70. The maximum absolute atomic E-state index is 12.3. The fourth-order valence-electron chi connectivity index (χ4n) is 3.41. The predicted octanol–water partition coefficient (Wildman–Crippen LogP) is 3.16. The molecular formula is C17H23N3O. The van der Waals surface area contributed by atoms with Crippen molar-refractivity contribution < 1.29 is 4.79 Å². The number of nitrogen functional groups attached to an aromatic ring is 1. The molecule has 0 saturated heterocycles. The summed E-state index contributed by atoms with van der Waals surface area (Å²) in [6.07, 6.45) is 0. The smallest absolute Gasteiger partial charge is 0.267 e. The van der Waals surface area contributed by atoms with Gasteiger partial charge in [0.15, 0.2) is 0 Å². The number of anilines is 1. The average Bonchev–Trinajstić information content (AvgIpc) is 2.74. The third kappa shape index (κ3) is 2.09. The second kappa shape index (κ2) is 4.26. The summed E-state index contributed by atoms with van der Waals surface area (Å²) in [6.45, 7) is 9.76. The molecular weight excluding hydrogens is 262 g/mol. The Bertz CT molecular complexity index is 698. The van der Waals surface area contributed by atoms with Crippen LogP contribution in [0.4, 0.5) is 5.69 Å². The van der Waals surface area contributed by atoms with E-state index in [1.165, 1.54) is 0 Å². The Morgan fingerprint density at radius 1 is 1.24 bits per heavy atom. The number of benzene rings is 1. The van der Waals surface area contributed by atoms with Gasteiger partial charge in [-0.1, -0.05) is 27.7 Å². The highest BCUT2D eigenvalue weighted by Gasteiger charge is 2.64. The summed E-state index contributed by atoms with van der Waals surface area (Å²) in [5.41, 5.74) is 8.56. The van der Waals surface area contributed by atoms with Crippen LogP contribution in [0.25, 0.3) is 10.9 Å². The van der Waals surface area contributed by atoms with Crippen LogP contribution in [0.3, 0.4) is 0 Å². The van der Waals surface area contributed by atoms with Crippen LogP contribution in [0.2, 0.25) is 0 Å². The topological polar surface area (TPSA) is 70.9 Å². The standard InChI is InChI=1S/C17H23N3O/c1-16(2)14(17(16,3)4)9-19-15(21)13-8-10-7-11(18)5-6-12(10)20-13/h5-8,14,20H,9,18H2,1-4H3,(H,19,21). The summed E-state index contributed by atoms with van der Waals surface area (Å²) >= 11 is 0. The number of hydrogen-bond donors (Lipinski definition) is 3. The van der Waals surface area contributed by atoms with Crippen LogP contribution in [0.1, 0.15) is 38.2 Å². The Morgan fingerprint density at radius 2 is 1.90 bits per heavy atom. The van der Waals surface area contributed by atoms with Gasteiger partial charge in [0.1, 0.15) is 5.69 Å². The predicted molar refractivity (Wildman–Crippen MR) is 86.1 cm³/mol. The van der Waals surface area contributed by atoms with E-state index in [-0.39, 0.29) is 16.7 Å². The number of hydrogen-bond acceptors (Lipinski definition) is 2. The average molecular weight is 285 g/mol. The van der Waals surface area contributed by atoms with E-state index in [1.807, 2.05) is 24.3 Å². The van der Waals surface area contributed by atoms with Gasteiger partial charge in [-0.05, 0) is 41.0 Å². The summed E-state index contributed by atoms with van der Waals surface area (Å²) < 4.78 is 0. The van der Waals surface area contributed by atoms with E-state index in [1.54, 1.807) is 0 Å². The number of aromatic nitrogens is 1. The molecule has 0 radical (unpaired) electrons. The molecule has 4 heteroatoms. The van der Waals surface area contributed by atoms with Crippen molar-refractivity contribution >= 4 is 22.5 Å². The van der Waals surface area contributed by atoms with Crippen molar-refractivity contribution in [2.45, 2.75) is 27.7 Å². The van der Waals surface area contributed by atoms with Crippen molar-refractivity contribution in [2.24, 2.45) is 16.7 Å². The first-order valence-electron chi connectivity index (χ1n) is 7.40. The van der Waals surface area contributed by atoms with Gasteiger partial charge in [0.25, 0.3) is 5.91 Å². The zero-order valence-electron chi connectivity index (χ0n) is 13.1. The van der Waals surface area contributed by atoms with Gasteiger partial charge < -0.3 is 16.0 Å². The van der Waals surface area contributed by atoms with E-state index in [0.717, 1.165) is 17.4 Å². The number of aromatic amines is 1. The van der Waals surface area contributed by atoms with Crippen molar-refractivity contribution in [2.75, 3.05) is 12.3 Å². The molecule has 1 aromatic heterocycles. The minimum Gasteiger partial charge on any atom is -0.399 e. The van der Waals surface area contributed by atoms with Crippen molar-refractivity contribution in [1.29, 1.82) is 0 Å². The van der Waals surface area contributed by atoms with Crippen LogP contribution in [-0.2, 0) is 0 Å². The lowest BCUT2D eigenvalue weighted by Crippen LogP contribution is -2.27. The Morgan fingerprint density at radius 3 is 2.52 bits per heavy atom. The zero-order valence-corrected chi connectivity index (χ0v) is 13.1. The van der Waals surface area contributed by atoms with Gasteiger partial charge in [-0.15, -0.1) is 0 Å². The van der Waals surface area contributed by atoms with Crippen LogP contribution in [0, 0.1) is 16.7 Å². The van der Waals surface area contributed by atoms with Crippen LogP contribution in [0.5, 0.6) is 0 Å². The molecule has 0 atom stereocenters. The lowest BCUT2D eigenvalue weighted by atomic mass is 10.0. The van der Waals surface area contributed by atoms with Gasteiger partial charge in [0.05, 0.1) is 0 Å². The maximum Gasteiger partial charge on any atom is 0.267 e. The second-order valence-corrected chi connectivity index (χ2v) is 7.24. The fraction of sp³-hybridized carbons (Fsp3) is 0.471. The molecule has 3 rings (SSSR count). The van der Waals surface area contributed by atoms with E-state index in [2.05, 4.69) is 38.0 Å². The van der Waals surface area contributed by atoms with Gasteiger partial charge in [0.2, 0.25) is 0 Å². The number of H-pyrrole nitrogens is 1. The molecule has 112 valence electrons. The quantitative estimate of drug-likeness (QED) is 0.758. The first-order valence-corrected chi connectivity index (χ1v) is 7.40. The van der Waals surface area contributed by atoms with Gasteiger partial charge >= 0.3 is 0 Å². The monoisotopic (exact) mass is 285 g/mol. The molecule has 0 unspecified atom stereocenters. The molecule has 0 spiro atoms. The normalized spacial score (nSPS) is 19.6. The summed E-state index contributed by atoms with van der Waals surface area (Å²) in [6, 6.07) is 7.45. The van der Waals surface area contributed by atoms with Crippen LogP contribution in [0.15, 0.2) is 24.3 Å². The largest absolute Gasteiger partial charge is 0.399 e. The van der Waals surface area contributed by atoms with E-state index >= 15 is 0 Å². The molecule has 1 amide bonds. The first-order chi connectivity index (χ1) is 9.73. The molecule has 1 aliphatic rings. The molecule has 1 heterocycles. The molecule has 1 aromatic carbocycles.